The Morgan fingerprint density at radius 1 is 1.31 bits per heavy atom. The summed E-state index contributed by atoms with van der Waals surface area (Å²) >= 11 is 0. The minimum absolute atomic E-state index is 0.129. The summed E-state index contributed by atoms with van der Waals surface area (Å²) in [5.74, 6) is 3.28. The van der Waals surface area contributed by atoms with Gasteiger partial charge in [0.15, 0.2) is 0 Å². The van der Waals surface area contributed by atoms with Crippen molar-refractivity contribution in [3.8, 4) is 0 Å². The van der Waals surface area contributed by atoms with Crippen LogP contribution in [0.15, 0.2) is 35.5 Å². The number of carbonyl (C=O) groups excluding carboxylic acids is 1. The van der Waals surface area contributed by atoms with Crippen molar-refractivity contribution in [1.82, 2.24) is 0 Å². The van der Waals surface area contributed by atoms with Crippen molar-refractivity contribution < 1.29 is 9.53 Å². The van der Waals surface area contributed by atoms with Gasteiger partial charge in [-0.15, -0.1) is 0 Å². The van der Waals surface area contributed by atoms with Crippen LogP contribution in [0, 0.1) is 46.3 Å². The lowest BCUT2D eigenvalue weighted by molar-refractivity contribution is -0.156. The van der Waals surface area contributed by atoms with E-state index in [2.05, 4.69) is 53.3 Å². The molecule has 1 spiro atoms. The molecule has 0 radical (unpaired) electrons. The molecule has 3 saturated carbocycles. The number of hydrogen-bond donors (Lipinski definition) is 0. The maximum Gasteiger partial charge on any atom is 0.313 e. The SMILES string of the molecule is C=C1CCC[C@]2(C)C[C@H]3OC(=O)[C@]4(C[C@H]5C[C@@H]([C@@H](C)CCC=C(C)C)[C@@H]4C=C5C)[C@H]3C[C@H]12. The maximum absolute atomic E-state index is 13.8. The lowest BCUT2D eigenvalue weighted by Gasteiger charge is -2.57. The molecule has 0 amide bonds. The van der Waals surface area contributed by atoms with Crippen molar-refractivity contribution in [2.45, 2.75) is 98.5 Å². The first-order valence-corrected chi connectivity index (χ1v) is 13.4. The highest BCUT2D eigenvalue weighted by atomic mass is 16.6. The Bertz CT molecular complexity index is 860. The van der Waals surface area contributed by atoms with Gasteiger partial charge in [0.25, 0.3) is 0 Å². The number of esters is 1. The molecule has 2 heteroatoms. The summed E-state index contributed by atoms with van der Waals surface area (Å²) < 4.78 is 6.33. The zero-order valence-corrected chi connectivity index (χ0v) is 21.1. The van der Waals surface area contributed by atoms with E-state index in [1.807, 2.05) is 0 Å². The van der Waals surface area contributed by atoms with E-state index < -0.39 is 0 Å². The Morgan fingerprint density at radius 2 is 2.09 bits per heavy atom. The number of carbonyl (C=O) groups is 1. The van der Waals surface area contributed by atoms with E-state index in [0.29, 0.717) is 35.5 Å². The second kappa shape index (κ2) is 7.88. The van der Waals surface area contributed by atoms with Gasteiger partial charge in [-0.05, 0) is 114 Å². The van der Waals surface area contributed by atoms with Gasteiger partial charge in [0.05, 0.1) is 5.41 Å². The molecule has 0 aromatic heterocycles. The largest absolute Gasteiger partial charge is 0.462 e. The van der Waals surface area contributed by atoms with Gasteiger partial charge in [0, 0.05) is 5.92 Å². The van der Waals surface area contributed by atoms with Crippen molar-refractivity contribution in [2.75, 3.05) is 0 Å². The summed E-state index contributed by atoms with van der Waals surface area (Å²) in [5.41, 5.74) is 4.40. The predicted molar refractivity (Wildman–Crippen MR) is 131 cm³/mol. The molecule has 1 saturated heterocycles. The van der Waals surface area contributed by atoms with E-state index in [1.165, 1.54) is 48.8 Å². The Balaban J connectivity index is 1.46. The second-order valence-corrected chi connectivity index (χ2v) is 12.8. The second-order valence-electron chi connectivity index (χ2n) is 12.8. The summed E-state index contributed by atoms with van der Waals surface area (Å²) in [6.45, 7) is 16.1. The van der Waals surface area contributed by atoms with Crippen LogP contribution in [0.5, 0.6) is 0 Å². The predicted octanol–water partition coefficient (Wildman–Crippen LogP) is 7.66. The third kappa shape index (κ3) is 3.30. The Labute approximate surface area is 195 Å². The molecule has 1 aliphatic heterocycles. The molecule has 32 heavy (non-hydrogen) atoms. The fraction of sp³-hybridized carbons (Fsp3) is 0.767. The molecule has 0 aromatic carbocycles. The molecular formula is C30H44O2. The van der Waals surface area contributed by atoms with Crippen LogP contribution in [0.1, 0.15) is 92.4 Å². The molecule has 6 aliphatic rings. The number of fused-ring (bicyclic) bond motifs is 3. The molecule has 0 aromatic rings. The number of ether oxygens (including phenoxy) is 1. The molecule has 4 fully saturated rings. The fourth-order valence-corrected chi connectivity index (χ4v) is 8.90. The maximum atomic E-state index is 13.8. The van der Waals surface area contributed by atoms with Gasteiger partial charge in [-0.25, -0.2) is 0 Å². The van der Waals surface area contributed by atoms with Crippen LogP contribution in [0.3, 0.4) is 0 Å². The minimum atomic E-state index is -0.276. The van der Waals surface area contributed by atoms with Gasteiger partial charge in [-0.3, -0.25) is 4.79 Å². The van der Waals surface area contributed by atoms with Crippen molar-refractivity contribution in [3.63, 3.8) is 0 Å². The quantitative estimate of drug-likeness (QED) is 0.334. The lowest BCUT2D eigenvalue weighted by atomic mass is 9.44. The van der Waals surface area contributed by atoms with Crippen LogP contribution < -0.4 is 0 Å². The van der Waals surface area contributed by atoms with Crippen molar-refractivity contribution in [2.24, 2.45) is 46.3 Å². The van der Waals surface area contributed by atoms with E-state index >= 15 is 0 Å². The zero-order chi connectivity index (χ0) is 22.8. The minimum Gasteiger partial charge on any atom is -0.462 e. The average Bonchev–Trinajstić information content (AvgIpc) is 2.97. The standard InChI is InChI=1S/C30H44O2/c1-18(2)9-7-10-19(3)23-14-22-16-30(25(23)13-21(22)5)26-15-24-20(4)11-8-12-29(24,6)17-27(26)32-28(30)31/h9,13,19,22-27H,4,7-8,10-12,14-17H2,1-3,5-6H3/t19-,22+,23-,24+,25-,26-,27+,29+,30-/m0/s1. The van der Waals surface area contributed by atoms with Crippen LogP contribution in [0.25, 0.3) is 0 Å². The average molecular weight is 437 g/mol. The van der Waals surface area contributed by atoms with Gasteiger partial charge in [-0.2, -0.15) is 0 Å². The van der Waals surface area contributed by atoms with Crippen LogP contribution in [0.4, 0.5) is 0 Å². The van der Waals surface area contributed by atoms with Gasteiger partial charge >= 0.3 is 5.97 Å². The molecule has 2 bridgehead atoms. The Hall–Kier alpha value is -1.31. The third-order valence-corrected chi connectivity index (χ3v) is 10.7. The van der Waals surface area contributed by atoms with Crippen LogP contribution in [-0.2, 0) is 9.53 Å². The van der Waals surface area contributed by atoms with Crippen molar-refractivity contribution >= 4 is 5.97 Å². The van der Waals surface area contributed by atoms with Crippen LogP contribution >= 0.6 is 0 Å². The van der Waals surface area contributed by atoms with Crippen molar-refractivity contribution in [3.05, 3.63) is 35.5 Å². The number of rotatable bonds is 4. The summed E-state index contributed by atoms with van der Waals surface area (Å²) in [6.07, 6.45) is 15.6. The summed E-state index contributed by atoms with van der Waals surface area (Å²) in [5, 5.41) is 0. The highest BCUT2D eigenvalue weighted by Gasteiger charge is 2.68. The van der Waals surface area contributed by atoms with Crippen molar-refractivity contribution in [1.29, 1.82) is 0 Å². The van der Waals surface area contributed by atoms with Crippen LogP contribution in [-0.4, -0.2) is 12.1 Å². The summed E-state index contributed by atoms with van der Waals surface area (Å²) in [6, 6.07) is 0. The van der Waals surface area contributed by atoms with Crippen LogP contribution in [0.2, 0.25) is 0 Å². The molecule has 0 unspecified atom stereocenters. The highest BCUT2D eigenvalue weighted by molar-refractivity contribution is 5.81. The highest BCUT2D eigenvalue weighted by Crippen LogP contribution is 2.68. The normalized spacial score (nSPS) is 45.7. The first kappa shape index (κ1) is 22.5. The van der Waals surface area contributed by atoms with Gasteiger partial charge < -0.3 is 4.74 Å². The Kier molecular flexibility index (Phi) is 5.54. The van der Waals surface area contributed by atoms with Gasteiger partial charge in [0.1, 0.15) is 6.10 Å². The van der Waals surface area contributed by atoms with E-state index in [0.717, 1.165) is 25.7 Å². The van der Waals surface area contributed by atoms with Gasteiger partial charge in [-0.1, -0.05) is 49.3 Å². The van der Waals surface area contributed by atoms with Gasteiger partial charge in [0.2, 0.25) is 0 Å². The first-order valence-electron chi connectivity index (χ1n) is 13.4. The molecule has 1 heterocycles. The van der Waals surface area contributed by atoms with E-state index in [4.69, 9.17) is 4.74 Å². The number of hydrogen-bond acceptors (Lipinski definition) is 2. The molecule has 2 nitrogen and oxygen atoms in total. The monoisotopic (exact) mass is 436 g/mol. The van der Waals surface area contributed by atoms with E-state index in [9.17, 15) is 4.79 Å². The smallest absolute Gasteiger partial charge is 0.313 e. The molecular weight excluding hydrogens is 392 g/mol. The summed E-state index contributed by atoms with van der Waals surface area (Å²) in [4.78, 5) is 13.8. The molecule has 176 valence electrons. The number of allylic oxidation sites excluding steroid dienone is 5. The lowest BCUT2D eigenvalue weighted by Crippen LogP contribution is -2.55. The molecule has 6 rings (SSSR count). The fourth-order valence-electron chi connectivity index (χ4n) is 8.90. The Morgan fingerprint density at radius 3 is 2.81 bits per heavy atom. The van der Waals surface area contributed by atoms with E-state index in [-0.39, 0.29) is 22.9 Å². The molecule has 9 atom stereocenters. The van der Waals surface area contributed by atoms with E-state index in [1.54, 1.807) is 0 Å². The topological polar surface area (TPSA) is 26.3 Å². The third-order valence-electron chi connectivity index (χ3n) is 10.7. The molecule has 5 aliphatic carbocycles. The first-order chi connectivity index (χ1) is 15.2. The zero-order valence-electron chi connectivity index (χ0n) is 21.1. The molecule has 0 N–H and O–H groups in total. The summed E-state index contributed by atoms with van der Waals surface area (Å²) in [7, 11) is 0.